The second-order valence-corrected chi connectivity index (χ2v) is 49.6. The van der Waals surface area contributed by atoms with E-state index in [0.29, 0.717) is 26.4 Å². The number of thiophene rings is 2. The van der Waals surface area contributed by atoms with Gasteiger partial charge in [0.1, 0.15) is 0 Å². The van der Waals surface area contributed by atoms with Gasteiger partial charge in [-0.1, -0.05) is 326 Å². The highest BCUT2D eigenvalue weighted by Gasteiger charge is 2.58. The summed E-state index contributed by atoms with van der Waals surface area (Å²) >= 11 is 3.90. The van der Waals surface area contributed by atoms with E-state index in [0.717, 1.165) is 25.7 Å². The number of benzene rings is 8. The Kier molecular flexibility index (Phi) is 18.5. The van der Waals surface area contributed by atoms with E-state index in [4.69, 9.17) is 17.7 Å². The summed E-state index contributed by atoms with van der Waals surface area (Å²) in [4.78, 5) is 2.81. The quantitative estimate of drug-likeness (QED) is 0.0672. The summed E-state index contributed by atoms with van der Waals surface area (Å²) in [6.07, 6.45) is 3.43. The van der Waals surface area contributed by atoms with Gasteiger partial charge in [0, 0.05) is 47.0 Å². The van der Waals surface area contributed by atoms with Gasteiger partial charge < -0.3 is 17.7 Å². The zero-order chi connectivity index (χ0) is 64.7. The van der Waals surface area contributed by atoms with Gasteiger partial charge in [-0.3, -0.25) is 0 Å². The zero-order valence-corrected chi connectivity index (χ0v) is 62.0. The van der Waals surface area contributed by atoms with Gasteiger partial charge in [-0.05, 0) is 120 Å². The lowest BCUT2D eigenvalue weighted by Crippen LogP contribution is -2.68. The Bertz CT molecular complexity index is 3410. The summed E-state index contributed by atoms with van der Waals surface area (Å²) in [7, 11) is -12.0. The molecule has 2 aromatic heterocycles. The molecular weight excluding hydrogens is 1230 g/mol. The lowest BCUT2D eigenvalue weighted by atomic mass is 9.86. The maximum Gasteiger partial charge on any atom is 0.261 e. The van der Waals surface area contributed by atoms with Crippen molar-refractivity contribution in [1.29, 1.82) is 0 Å². The Hall–Kier alpha value is -6.13. The number of hydrogen-bond acceptors (Lipinski definition) is 6. The summed E-state index contributed by atoms with van der Waals surface area (Å²) in [5, 5.41) is 14.6. The van der Waals surface area contributed by atoms with Crippen LogP contribution < -0.4 is 41.5 Å². The third kappa shape index (κ3) is 11.9. The van der Waals surface area contributed by atoms with Crippen molar-refractivity contribution < 1.29 is 17.7 Å². The van der Waals surface area contributed by atoms with Gasteiger partial charge in [0.15, 0.2) is 0 Å². The van der Waals surface area contributed by atoms with E-state index >= 15 is 0 Å². The molecule has 2 heterocycles. The molecule has 0 bridgehead atoms. The molecule has 2 aliphatic rings. The molecule has 0 atom stereocenters. The number of rotatable bonds is 21. The summed E-state index contributed by atoms with van der Waals surface area (Å²) in [5.41, 5.74) is 5.01. The Labute approximate surface area is 562 Å². The minimum absolute atomic E-state index is 0.199. The molecule has 0 fully saturated rings. The fraction of sp³-hybridized carbons (Fsp3) is 0.317. The predicted octanol–water partition coefficient (Wildman–Crippen LogP) is 16.0. The Balaban J connectivity index is 0.978. The standard InChI is InChI=1S/C82H94O4S2Si4/c1-77(2,3)89(65-37-21-13-22-38-65,66-39-23-14-24-40-66)83-59-81(60-84-90(78(4,5)6,67-41-25-15-26-42-67)68-43-27-16-28-44-68)53-63-57-87-75(73(63)55-81)76-74-56-82(54-64(74)58-88-76,61-85-91(79(7,8)9,69-45-29-17-30-46-69)70-47-31-18-32-48-70)62-86-92(80(10,11)12,71-49-33-19-34-50-71)72-51-35-20-36-52-72/h13-52,57-58H,53-56,59-62H2,1-12H3. The van der Waals surface area contributed by atoms with Gasteiger partial charge in [-0.15, -0.1) is 22.7 Å². The Morgan fingerprint density at radius 2 is 0.446 bits per heavy atom. The molecule has 474 valence electrons. The van der Waals surface area contributed by atoms with Crippen LogP contribution in [-0.2, 0) is 43.4 Å². The van der Waals surface area contributed by atoms with E-state index < -0.39 is 33.3 Å². The molecule has 0 aliphatic heterocycles. The molecule has 0 spiro atoms. The Morgan fingerprint density at radius 1 is 0.272 bits per heavy atom. The van der Waals surface area contributed by atoms with Gasteiger partial charge in [0.2, 0.25) is 0 Å². The topological polar surface area (TPSA) is 36.9 Å². The molecule has 92 heavy (non-hydrogen) atoms. The summed E-state index contributed by atoms with van der Waals surface area (Å²) in [5.74, 6) is 0. The van der Waals surface area contributed by atoms with Crippen molar-refractivity contribution in [2.24, 2.45) is 10.8 Å². The molecular formula is C82H94O4S2Si4. The van der Waals surface area contributed by atoms with Crippen molar-refractivity contribution in [3.8, 4) is 9.75 Å². The molecule has 2 aliphatic carbocycles. The Morgan fingerprint density at radius 3 is 0.609 bits per heavy atom. The van der Waals surface area contributed by atoms with Gasteiger partial charge in [-0.2, -0.15) is 0 Å². The molecule has 0 unspecified atom stereocenters. The predicted molar refractivity (Wildman–Crippen MR) is 402 cm³/mol. The van der Waals surface area contributed by atoms with Crippen LogP contribution in [-0.4, -0.2) is 59.7 Å². The lowest BCUT2D eigenvalue weighted by molar-refractivity contribution is 0.0771. The van der Waals surface area contributed by atoms with Gasteiger partial charge in [0.25, 0.3) is 33.3 Å². The molecule has 12 rings (SSSR count). The van der Waals surface area contributed by atoms with Gasteiger partial charge >= 0.3 is 0 Å². The molecule has 0 radical (unpaired) electrons. The van der Waals surface area contributed by atoms with Crippen molar-refractivity contribution in [3.63, 3.8) is 0 Å². The highest BCUT2D eigenvalue weighted by Crippen LogP contribution is 2.54. The van der Waals surface area contributed by atoms with Crippen LogP contribution in [0.4, 0.5) is 0 Å². The highest BCUT2D eigenvalue weighted by molar-refractivity contribution is 7.21. The molecule has 8 aromatic carbocycles. The maximum atomic E-state index is 8.19. The molecule has 0 saturated heterocycles. The minimum atomic E-state index is -2.99. The van der Waals surface area contributed by atoms with Crippen LogP contribution in [0.1, 0.15) is 105 Å². The molecule has 0 N–H and O–H groups in total. The lowest BCUT2D eigenvalue weighted by Gasteiger charge is -2.47. The summed E-state index contributed by atoms with van der Waals surface area (Å²) in [6, 6.07) is 89.6. The molecule has 10 aromatic rings. The first-order valence-corrected chi connectivity index (χ1v) is 42.6. The highest BCUT2D eigenvalue weighted by atomic mass is 32.1. The second-order valence-electron chi connectivity index (χ2n) is 30.7. The first kappa shape index (κ1) is 65.9. The monoisotopic (exact) mass is 1320 g/mol. The third-order valence-electron chi connectivity index (χ3n) is 20.4. The van der Waals surface area contributed by atoms with Crippen LogP contribution in [0, 0.1) is 10.8 Å². The second kappa shape index (κ2) is 25.9. The van der Waals surface area contributed by atoms with Gasteiger partial charge in [0.05, 0.1) is 0 Å². The molecule has 10 heteroatoms. The smallest absolute Gasteiger partial charge is 0.261 e. The van der Waals surface area contributed by atoms with Gasteiger partial charge in [-0.25, -0.2) is 0 Å². The van der Waals surface area contributed by atoms with Crippen molar-refractivity contribution >= 4 is 97.4 Å². The van der Waals surface area contributed by atoms with Crippen LogP contribution in [0.2, 0.25) is 20.2 Å². The SMILES string of the molecule is CC(C)(C)[Si](OCC1(CO[Si](c2ccccc2)(c2ccccc2)C(C)(C)C)Cc2csc(-c3scc4c3CC(CO[Si](c3ccccc3)(c3ccccc3)C(C)(C)C)(CO[Si](c3ccccc3)(c3ccccc3)C(C)(C)C)C4)c2C1)(c1ccccc1)c1ccccc1. The fourth-order valence-electron chi connectivity index (χ4n) is 16.2. The maximum absolute atomic E-state index is 8.19. The van der Waals surface area contributed by atoms with E-state index in [9.17, 15) is 0 Å². The first-order chi connectivity index (χ1) is 44.0. The summed E-state index contributed by atoms with van der Waals surface area (Å²) in [6.45, 7) is 31.1. The van der Waals surface area contributed by atoms with Crippen molar-refractivity contribution in [3.05, 3.63) is 276 Å². The third-order valence-corrected chi connectivity index (χ3v) is 42.7. The minimum Gasteiger partial charge on any atom is -0.407 e. The summed E-state index contributed by atoms with van der Waals surface area (Å²) < 4.78 is 32.8. The van der Waals surface area contributed by atoms with Crippen LogP contribution in [0.3, 0.4) is 0 Å². The molecule has 0 saturated carbocycles. The van der Waals surface area contributed by atoms with Crippen molar-refractivity contribution in [2.75, 3.05) is 26.4 Å². The van der Waals surface area contributed by atoms with E-state index in [2.05, 4.69) is 336 Å². The van der Waals surface area contributed by atoms with E-state index in [1.807, 2.05) is 22.7 Å². The molecule has 0 amide bonds. The van der Waals surface area contributed by atoms with Crippen LogP contribution in [0.25, 0.3) is 9.75 Å². The zero-order valence-electron chi connectivity index (χ0n) is 56.4. The van der Waals surface area contributed by atoms with Crippen LogP contribution in [0.15, 0.2) is 253 Å². The first-order valence-electron chi connectivity index (χ1n) is 33.2. The average molecular weight is 1320 g/mol. The normalized spacial score (nSPS) is 15.3. The van der Waals surface area contributed by atoms with Crippen molar-refractivity contribution in [2.45, 2.75) is 129 Å². The van der Waals surface area contributed by atoms with E-state index in [1.54, 1.807) is 0 Å². The fourth-order valence-corrected chi connectivity index (χ4v) is 37.3. The van der Waals surface area contributed by atoms with E-state index in [1.165, 1.54) is 73.5 Å². The van der Waals surface area contributed by atoms with Crippen molar-refractivity contribution in [1.82, 2.24) is 0 Å². The average Bonchev–Trinajstić information content (AvgIpc) is 1.29. The number of hydrogen-bond donors (Lipinski definition) is 0. The van der Waals surface area contributed by atoms with Crippen LogP contribution >= 0.6 is 22.7 Å². The largest absolute Gasteiger partial charge is 0.407 e. The van der Waals surface area contributed by atoms with Crippen LogP contribution in [0.5, 0.6) is 0 Å². The molecule has 4 nitrogen and oxygen atoms in total. The number of fused-ring (bicyclic) bond motifs is 2. The van der Waals surface area contributed by atoms with E-state index in [-0.39, 0.29) is 31.0 Å².